The highest BCUT2D eigenvalue weighted by Crippen LogP contribution is 2.24. The normalized spacial score (nSPS) is 10.6. The SMILES string of the molecule is C=CCn1c(COc2c(C)cccc2C)nnc1SCC(=O)c1ccccc1. The maximum Gasteiger partial charge on any atom is 0.192 e. The lowest BCUT2D eigenvalue weighted by atomic mass is 10.1. The monoisotopic (exact) mass is 393 g/mol. The summed E-state index contributed by atoms with van der Waals surface area (Å²) >= 11 is 1.38. The van der Waals surface area contributed by atoms with E-state index in [1.807, 2.05) is 66.9 Å². The van der Waals surface area contributed by atoms with Gasteiger partial charge in [-0.1, -0.05) is 66.4 Å². The molecule has 0 saturated carbocycles. The van der Waals surface area contributed by atoms with Gasteiger partial charge in [0.15, 0.2) is 16.8 Å². The quantitative estimate of drug-likeness (QED) is 0.301. The van der Waals surface area contributed by atoms with Crippen molar-refractivity contribution in [3.05, 3.63) is 83.7 Å². The lowest BCUT2D eigenvalue weighted by Gasteiger charge is -2.12. The molecule has 2 aromatic carbocycles. The summed E-state index contributed by atoms with van der Waals surface area (Å²) in [4.78, 5) is 12.4. The smallest absolute Gasteiger partial charge is 0.192 e. The Labute approximate surface area is 169 Å². The summed E-state index contributed by atoms with van der Waals surface area (Å²) in [5, 5.41) is 9.21. The van der Waals surface area contributed by atoms with Crippen molar-refractivity contribution < 1.29 is 9.53 Å². The number of aryl methyl sites for hydroxylation is 2. The van der Waals surface area contributed by atoms with Gasteiger partial charge in [0, 0.05) is 12.1 Å². The van der Waals surface area contributed by atoms with Crippen molar-refractivity contribution in [2.24, 2.45) is 0 Å². The predicted molar refractivity (Wildman–Crippen MR) is 112 cm³/mol. The van der Waals surface area contributed by atoms with Crippen molar-refractivity contribution in [2.45, 2.75) is 32.2 Å². The molecule has 28 heavy (non-hydrogen) atoms. The molecule has 144 valence electrons. The number of benzene rings is 2. The van der Waals surface area contributed by atoms with E-state index < -0.39 is 0 Å². The third kappa shape index (κ3) is 4.70. The molecule has 0 atom stereocenters. The minimum absolute atomic E-state index is 0.0621. The standard InChI is InChI=1S/C22H23N3O2S/c1-4-13-25-20(14-27-21-16(2)9-8-10-17(21)3)23-24-22(25)28-15-19(26)18-11-6-5-7-12-18/h4-12H,1,13-15H2,2-3H3. The van der Waals surface area contributed by atoms with E-state index in [4.69, 9.17) is 4.74 Å². The highest BCUT2D eigenvalue weighted by atomic mass is 32.2. The summed E-state index contributed by atoms with van der Waals surface area (Å²) in [5.41, 5.74) is 2.86. The molecule has 3 aromatic rings. The Kier molecular flexibility index (Phi) is 6.66. The molecule has 6 heteroatoms. The molecule has 1 aromatic heterocycles. The van der Waals surface area contributed by atoms with Crippen LogP contribution in [0.2, 0.25) is 0 Å². The molecule has 0 unspecified atom stereocenters. The zero-order valence-corrected chi connectivity index (χ0v) is 16.9. The number of carbonyl (C=O) groups excluding carboxylic acids is 1. The van der Waals surface area contributed by atoms with Crippen LogP contribution in [0.5, 0.6) is 5.75 Å². The maximum atomic E-state index is 12.4. The molecule has 0 spiro atoms. The molecule has 1 heterocycles. The number of rotatable bonds is 9. The molecule has 0 N–H and O–H groups in total. The summed E-state index contributed by atoms with van der Waals surface area (Å²) in [6.45, 7) is 8.72. The van der Waals surface area contributed by atoms with Crippen LogP contribution in [0.1, 0.15) is 27.3 Å². The van der Waals surface area contributed by atoms with E-state index in [0.29, 0.717) is 35.4 Å². The highest BCUT2D eigenvalue weighted by molar-refractivity contribution is 7.99. The number of thioether (sulfide) groups is 1. The fraction of sp³-hybridized carbons (Fsp3) is 0.227. The number of nitrogens with zero attached hydrogens (tertiary/aromatic N) is 3. The topological polar surface area (TPSA) is 57.0 Å². The molecule has 0 aliphatic heterocycles. The van der Waals surface area contributed by atoms with Gasteiger partial charge in [-0.05, 0) is 25.0 Å². The average molecular weight is 394 g/mol. The van der Waals surface area contributed by atoms with Gasteiger partial charge in [0.25, 0.3) is 0 Å². The first kappa shape index (κ1) is 19.9. The molecule has 0 amide bonds. The Balaban J connectivity index is 1.71. The number of para-hydroxylation sites is 1. The Morgan fingerprint density at radius 2 is 1.82 bits per heavy atom. The first-order valence-electron chi connectivity index (χ1n) is 9.03. The van der Waals surface area contributed by atoms with Crippen LogP contribution < -0.4 is 4.74 Å². The number of Topliss-reactive ketones (excluding diaryl/α,β-unsaturated/α-hetero) is 1. The van der Waals surface area contributed by atoms with Crippen molar-refractivity contribution in [1.82, 2.24) is 14.8 Å². The molecule has 0 bridgehead atoms. The first-order valence-corrected chi connectivity index (χ1v) is 10.0. The number of ether oxygens (including phenoxy) is 1. The lowest BCUT2D eigenvalue weighted by molar-refractivity contribution is 0.102. The summed E-state index contributed by atoms with van der Waals surface area (Å²) < 4.78 is 7.95. The summed E-state index contributed by atoms with van der Waals surface area (Å²) in [7, 11) is 0. The summed E-state index contributed by atoms with van der Waals surface area (Å²) in [6, 6.07) is 15.3. The van der Waals surface area contributed by atoms with E-state index in [0.717, 1.165) is 16.9 Å². The van der Waals surface area contributed by atoms with Crippen LogP contribution in [0.4, 0.5) is 0 Å². The van der Waals surface area contributed by atoms with E-state index in [9.17, 15) is 4.79 Å². The molecular formula is C22H23N3O2S. The minimum atomic E-state index is 0.0621. The Morgan fingerprint density at radius 3 is 2.50 bits per heavy atom. The second-order valence-electron chi connectivity index (χ2n) is 6.39. The van der Waals surface area contributed by atoms with Crippen molar-refractivity contribution in [1.29, 1.82) is 0 Å². The van der Waals surface area contributed by atoms with Crippen LogP contribution in [-0.2, 0) is 13.2 Å². The number of hydrogen-bond acceptors (Lipinski definition) is 5. The third-order valence-electron chi connectivity index (χ3n) is 4.29. The van der Waals surface area contributed by atoms with Crippen molar-refractivity contribution in [2.75, 3.05) is 5.75 Å². The molecule has 0 aliphatic carbocycles. The predicted octanol–water partition coefficient (Wildman–Crippen LogP) is 4.63. The van der Waals surface area contributed by atoms with Gasteiger partial charge in [0.1, 0.15) is 12.4 Å². The Hall–Kier alpha value is -2.86. The number of ketones is 1. The second-order valence-corrected chi connectivity index (χ2v) is 7.33. The van der Waals surface area contributed by atoms with Crippen molar-refractivity contribution in [3.63, 3.8) is 0 Å². The average Bonchev–Trinajstić information content (AvgIpc) is 3.08. The van der Waals surface area contributed by atoms with Crippen LogP contribution in [0.25, 0.3) is 0 Å². The van der Waals surface area contributed by atoms with Crippen molar-refractivity contribution >= 4 is 17.5 Å². The van der Waals surface area contributed by atoms with E-state index in [2.05, 4.69) is 16.8 Å². The molecular weight excluding hydrogens is 370 g/mol. The molecule has 0 aliphatic rings. The number of aromatic nitrogens is 3. The molecule has 5 nitrogen and oxygen atoms in total. The van der Waals surface area contributed by atoms with Crippen LogP contribution in [0.15, 0.2) is 66.3 Å². The number of hydrogen-bond donors (Lipinski definition) is 0. The van der Waals surface area contributed by atoms with Gasteiger partial charge in [-0.25, -0.2) is 0 Å². The fourth-order valence-electron chi connectivity index (χ4n) is 2.85. The van der Waals surface area contributed by atoms with Gasteiger partial charge >= 0.3 is 0 Å². The second kappa shape index (κ2) is 9.37. The van der Waals surface area contributed by atoms with Gasteiger partial charge in [-0.2, -0.15) is 0 Å². The van der Waals surface area contributed by atoms with E-state index >= 15 is 0 Å². The van der Waals surface area contributed by atoms with Crippen LogP contribution in [0, 0.1) is 13.8 Å². The van der Waals surface area contributed by atoms with Gasteiger partial charge in [0.2, 0.25) is 0 Å². The van der Waals surface area contributed by atoms with E-state index in [1.165, 1.54) is 11.8 Å². The van der Waals surface area contributed by atoms with Gasteiger partial charge in [-0.3, -0.25) is 9.36 Å². The van der Waals surface area contributed by atoms with Crippen LogP contribution in [0.3, 0.4) is 0 Å². The first-order chi connectivity index (χ1) is 13.6. The summed E-state index contributed by atoms with van der Waals surface area (Å²) in [5.74, 6) is 1.94. The molecule has 0 saturated heterocycles. The molecule has 0 radical (unpaired) electrons. The number of carbonyl (C=O) groups is 1. The van der Waals surface area contributed by atoms with Crippen molar-refractivity contribution in [3.8, 4) is 5.75 Å². The van der Waals surface area contributed by atoms with Gasteiger partial charge in [-0.15, -0.1) is 16.8 Å². The fourth-order valence-corrected chi connectivity index (χ4v) is 3.71. The zero-order chi connectivity index (χ0) is 19.9. The maximum absolute atomic E-state index is 12.4. The lowest BCUT2D eigenvalue weighted by Crippen LogP contribution is -2.09. The Bertz CT molecular complexity index is 947. The largest absolute Gasteiger partial charge is 0.485 e. The Morgan fingerprint density at radius 1 is 1.11 bits per heavy atom. The van der Waals surface area contributed by atoms with Crippen LogP contribution in [-0.4, -0.2) is 26.3 Å². The minimum Gasteiger partial charge on any atom is -0.485 e. The van der Waals surface area contributed by atoms with E-state index in [-0.39, 0.29) is 5.78 Å². The molecule has 0 fully saturated rings. The van der Waals surface area contributed by atoms with Gasteiger partial charge < -0.3 is 4.74 Å². The van der Waals surface area contributed by atoms with Crippen LogP contribution >= 0.6 is 11.8 Å². The van der Waals surface area contributed by atoms with E-state index in [1.54, 1.807) is 6.08 Å². The molecule has 3 rings (SSSR count). The number of allylic oxidation sites excluding steroid dienone is 1. The summed E-state index contributed by atoms with van der Waals surface area (Å²) in [6.07, 6.45) is 1.79. The highest BCUT2D eigenvalue weighted by Gasteiger charge is 2.15. The third-order valence-corrected chi connectivity index (χ3v) is 5.25. The zero-order valence-electron chi connectivity index (χ0n) is 16.1. The van der Waals surface area contributed by atoms with Gasteiger partial charge in [0.05, 0.1) is 5.75 Å².